The van der Waals surface area contributed by atoms with Crippen LogP contribution < -0.4 is 0 Å². The molecule has 0 heterocycles. The van der Waals surface area contributed by atoms with Crippen molar-refractivity contribution in [1.29, 1.82) is 0 Å². The standard InChI is InChI=1S/C5H8NO2.W.Y/c1-4(6-2)5(7)8-3;;/h2,4H,1,3H3;;/q-1;;. The summed E-state index contributed by atoms with van der Waals surface area (Å²) in [4.78, 5) is 13.5. The maximum atomic E-state index is 10.3. The Balaban J connectivity index is -0.000000245. The second kappa shape index (κ2) is 9.93. The molecule has 0 aromatic carbocycles. The van der Waals surface area contributed by atoms with Crippen molar-refractivity contribution in [3.8, 4) is 0 Å². The van der Waals surface area contributed by atoms with E-state index in [1.807, 2.05) is 0 Å². The number of esters is 1. The third kappa shape index (κ3) is 7.04. The SMILES string of the molecule is [CH-]=NC(C)C(=O)OC.[W].[Y]. The molecule has 0 aliphatic rings. The molecule has 0 saturated carbocycles. The van der Waals surface area contributed by atoms with Crippen molar-refractivity contribution in [2.75, 3.05) is 7.11 Å². The Morgan fingerprint density at radius 1 is 1.70 bits per heavy atom. The molecule has 0 spiro atoms. The number of methoxy groups -OCH3 is 1. The van der Waals surface area contributed by atoms with Gasteiger partial charge in [0.25, 0.3) is 0 Å². The minimum absolute atomic E-state index is 0. The van der Waals surface area contributed by atoms with E-state index in [-0.39, 0.29) is 53.8 Å². The summed E-state index contributed by atoms with van der Waals surface area (Å²) in [5.41, 5.74) is 0. The Hall–Kier alpha value is 0.932. The zero-order valence-electron chi connectivity index (χ0n) is 5.90. The normalized spacial score (nSPS) is 9.80. The summed E-state index contributed by atoms with van der Waals surface area (Å²) in [6.07, 6.45) is 0. The molecule has 55 valence electrons. The Bertz CT molecular complexity index is 110. The van der Waals surface area contributed by atoms with Crippen LogP contribution in [0.4, 0.5) is 0 Å². The number of hydrogen-bond donors (Lipinski definition) is 0. The van der Waals surface area contributed by atoms with Gasteiger partial charge >= 0.3 is 5.97 Å². The molecule has 0 fully saturated rings. The summed E-state index contributed by atoms with van der Waals surface area (Å²) in [6.45, 7) is 6.33. The van der Waals surface area contributed by atoms with Crippen molar-refractivity contribution < 1.29 is 63.3 Å². The smallest absolute Gasteiger partial charge is 0.327 e. The van der Waals surface area contributed by atoms with Crippen LogP contribution in [0.15, 0.2) is 4.99 Å². The molecule has 3 nitrogen and oxygen atoms in total. The molecule has 0 bridgehead atoms. The summed E-state index contributed by atoms with van der Waals surface area (Å²) < 4.78 is 4.29. The summed E-state index contributed by atoms with van der Waals surface area (Å²) >= 11 is 0. The average molecular weight is 387 g/mol. The molecular weight excluding hydrogens is 379 g/mol. The average Bonchev–Trinajstić information content (AvgIpc) is 1.84. The van der Waals surface area contributed by atoms with Crippen molar-refractivity contribution in [3.63, 3.8) is 0 Å². The Morgan fingerprint density at radius 2 is 2.10 bits per heavy atom. The molecule has 0 aliphatic heterocycles. The van der Waals surface area contributed by atoms with Gasteiger partial charge in [0.15, 0.2) is 0 Å². The first-order chi connectivity index (χ1) is 3.72. The number of hydrogen-bond acceptors (Lipinski definition) is 3. The molecule has 0 aliphatic carbocycles. The fourth-order valence-corrected chi connectivity index (χ4v) is 0.231. The van der Waals surface area contributed by atoms with Crippen LogP contribution in [-0.2, 0) is 63.3 Å². The molecule has 0 amide bonds. The van der Waals surface area contributed by atoms with E-state index in [1.165, 1.54) is 7.11 Å². The van der Waals surface area contributed by atoms with Gasteiger partial charge in [-0.15, -0.1) is 0 Å². The van der Waals surface area contributed by atoms with Crippen molar-refractivity contribution in [2.45, 2.75) is 13.0 Å². The minimum Gasteiger partial charge on any atom is -0.494 e. The van der Waals surface area contributed by atoms with Gasteiger partial charge < -0.3 is 16.4 Å². The van der Waals surface area contributed by atoms with Gasteiger partial charge in [0.2, 0.25) is 0 Å². The van der Waals surface area contributed by atoms with Crippen LogP contribution in [0.1, 0.15) is 6.92 Å². The summed E-state index contributed by atoms with van der Waals surface area (Å²) in [5, 5.41) is 0. The Labute approximate surface area is 100 Å². The maximum Gasteiger partial charge on any atom is 0.327 e. The van der Waals surface area contributed by atoms with Gasteiger partial charge in [0.1, 0.15) is 6.04 Å². The van der Waals surface area contributed by atoms with E-state index in [9.17, 15) is 4.79 Å². The van der Waals surface area contributed by atoms with E-state index in [2.05, 4.69) is 9.73 Å². The topological polar surface area (TPSA) is 38.7 Å². The van der Waals surface area contributed by atoms with Crippen LogP contribution in [0, 0.1) is 0 Å². The van der Waals surface area contributed by atoms with Crippen LogP contribution in [-0.4, -0.2) is 25.8 Å². The van der Waals surface area contributed by atoms with Gasteiger partial charge in [-0.25, -0.2) is 4.79 Å². The van der Waals surface area contributed by atoms with Crippen LogP contribution in [0.2, 0.25) is 0 Å². The van der Waals surface area contributed by atoms with Gasteiger partial charge in [0, 0.05) is 53.8 Å². The van der Waals surface area contributed by atoms with E-state index >= 15 is 0 Å². The summed E-state index contributed by atoms with van der Waals surface area (Å²) in [5.74, 6) is -0.410. The zero-order valence-corrected chi connectivity index (χ0v) is 11.7. The molecule has 1 unspecified atom stereocenters. The molecule has 0 rings (SSSR count). The predicted molar refractivity (Wildman–Crippen MR) is 30.0 cm³/mol. The van der Waals surface area contributed by atoms with Gasteiger partial charge in [-0.1, -0.05) is 0 Å². The number of carbonyl (C=O) groups is 1. The Morgan fingerprint density at radius 3 is 2.20 bits per heavy atom. The number of aliphatic imine (C=N–C) groups is 1. The molecule has 0 aromatic heterocycles. The third-order valence-electron chi connectivity index (χ3n) is 0.766. The van der Waals surface area contributed by atoms with Gasteiger partial charge in [-0.05, 0) is 6.92 Å². The first-order valence-electron chi connectivity index (χ1n) is 2.20. The van der Waals surface area contributed by atoms with E-state index in [0.717, 1.165) is 0 Å². The quantitative estimate of drug-likeness (QED) is 0.384. The number of ether oxygens (including phenoxy) is 1. The number of nitrogens with zero attached hydrogens (tertiary/aromatic N) is 1. The Kier molecular flexibility index (Phi) is 17.0. The van der Waals surface area contributed by atoms with Crippen LogP contribution in [0.5, 0.6) is 0 Å². The van der Waals surface area contributed by atoms with Crippen molar-refractivity contribution in [2.24, 2.45) is 4.99 Å². The van der Waals surface area contributed by atoms with E-state index < -0.39 is 12.0 Å². The predicted octanol–water partition coefficient (Wildman–Crippen LogP) is 0.121. The fourth-order valence-electron chi connectivity index (χ4n) is 0.231. The van der Waals surface area contributed by atoms with Crippen LogP contribution in [0.3, 0.4) is 0 Å². The summed E-state index contributed by atoms with van der Waals surface area (Å²) in [7, 11) is 1.30. The first-order valence-corrected chi connectivity index (χ1v) is 2.20. The second-order valence-corrected chi connectivity index (χ2v) is 1.35. The van der Waals surface area contributed by atoms with Crippen molar-refractivity contribution >= 4 is 12.7 Å². The molecule has 0 saturated heterocycles. The van der Waals surface area contributed by atoms with E-state index in [4.69, 9.17) is 6.72 Å². The monoisotopic (exact) mass is 387 g/mol. The van der Waals surface area contributed by atoms with Gasteiger partial charge in [-0.2, -0.15) is 0 Å². The third-order valence-corrected chi connectivity index (χ3v) is 0.766. The van der Waals surface area contributed by atoms with Gasteiger partial charge in [0.05, 0.1) is 7.11 Å². The molecule has 1 radical (unpaired) electrons. The second-order valence-electron chi connectivity index (χ2n) is 1.35. The molecule has 0 aromatic rings. The van der Waals surface area contributed by atoms with E-state index in [1.54, 1.807) is 6.92 Å². The zero-order chi connectivity index (χ0) is 6.57. The first kappa shape index (κ1) is 17.1. The molecule has 10 heavy (non-hydrogen) atoms. The fraction of sp³-hybridized carbons (Fsp3) is 0.600. The maximum absolute atomic E-state index is 10.3. The van der Waals surface area contributed by atoms with Gasteiger partial charge in [-0.3, -0.25) is 0 Å². The number of rotatable bonds is 2. The molecule has 1 atom stereocenters. The summed E-state index contributed by atoms with van der Waals surface area (Å²) in [6, 6.07) is -0.542. The molecule has 5 heteroatoms. The molecule has 0 N–H and O–H groups in total. The van der Waals surface area contributed by atoms with Crippen molar-refractivity contribution in [3.05, 3.63) is 0 Å². The van der Waals surface area contributed by atoms with Crippen LogP contribution in [0.25, 0.3) is 0 Å². The molecular formula is C5H8NO2WY-. The van der Waals surface area contributed by atoms with Crippen molar-refractivity contribution in [1.82, 2.24) is 0 Å². The van der Waals surface area contributed by atoms with E-state index in [0.29, 0.717) is 0 Å². The van der Waals surface area contributed by atoms with Crippen LogP contribution >= 0.6 is 0 Å². The number of carbonyl (C=O) groups excluding carboxylic acids is 1. The largest absolute Gasteiger partial charge is 0.494 e. The minimum atomic E-state index is -0.542.